The SMILES string of the molecule is CCNc1nnc(-c2cnc(N3C[C@H](CC)N(C4CCN(C(=O)c5ccc(Cl)cc5)CC4)C[C@H]3C)c(C)n2)o1.CC[C@H]1CN(c2ncc(C(=O)OC)nc2C)[C@H](C)CN1C1CCN(C(=O)c2ccc(Cl)cc2)CC1. The maximum absolute atomic E-state index is 13.0. The quantitative estimate of drug-likeness (QED) is 0.118. The minimum atomic E-state index is -0.475. The van der Waals surface area contributed by atoms with Crippen LogP contribution >= 0.6 is 23.2 Å². The average molecular weight is 1050 g/mol. The summed E-state index contributed by atoms with van der Waals surface area (Å²) in [6.45, 7) is 22.2. The monoisotopic (exact) mass is 1050 g/mol. The van der Waals surface area contributed by atoms with Gasteiger partial charge in [-0.3, -0.25) is 19.4 Å². The Kier molecular flexibility index (Phi) is 18.1. The van der Waals surface area contributed by atoms with E-state index in [9.17, 15) is 14.4 Å². The molecule has 5 aromatic rings. The van der Waals surface area contributed by atoms with E-state index >= 15 is 0 Å². The van der Waals surface area contributed by atoms with Gasteiger partial charge in [0.05, 0.1) is 30.9 Å². The lowest BCUT2D eigenvalue weighted by Gasteiger charge is -2.50. The molecular weight excluding hydrogens is 982 g/mol. The molecule has 4 aliphatic heterocycles. The summed E-state index contributed by atoms with van der Waals surface area (Å²) in [6.07, 6.45) is 9.20. The molecule has 0 bridgehead atoms. The number of ether oxygens (including phenoxy) is 1. The Morgan fingerprint density at radius 2 is 1.12 bits per heavy atom. The van der Waals surface area contributed by atoms with Crippen LogP contribution in [0.2, 0.25) is 10.0 Å². The molecule has 20 heteroatoms. The molecule has 9 rings (SSSR count). The van der Waals surface area contributed by atoms with Gasteiger partial charge in [-0.25, -0.2) is 24.7 Å². The van der Waals surface area contributed by atoms with E-state index in [1.54, 1.807) is 42.6 Å². The first-order valence-corrected chi connectivity index (χ1v) is 26.9. The zero-order chi connectivity index (χ0) is 52.6. The normalized spacial score (nSPS) is 21.3. The molecule has 2 aromatic carbocycles. The van der Waals surface area contributed by atoms with Crippen LogP contribution in [0.25, 0.3) is 11.6 Å². The number of methoxy groups -OCH3 is 1. The van der Waals surface area contributed by atoms with Gasteiger partial charge in [-0.1, -0.05) is 42.1 Å². The van der Waals surface area contributed by atoms with Crippen molar-refractivity contribution in [2.45, 2.75) is 123 Å². The summed E-state index contributed by atoms with van der Waals surface area (Å²) in [6, 6.07) is 16.9. The van der Waals surface area contributed by atoms with E-state index in [4.69, 9.17) is 42.3 Å². The summed E-state index contributed by atoms with van der Waals surface area (Å²) in [5, 5.41) is 12.4. The predicted molar refractivity (Wildman–Crippen MR) is 288 cm³/mol. The molecule has 4 saturated heterocycles. The van der Waals surface area contributed by atoms with Gasteiger partial charge in [-0.2, -0.15) is 0 Å². The topological polar surface area (TPSA) is 182 Å². The van der Waals surface area contributed by atoms with Crippen LogP contribution in [0.3, 0.4) is 0 Å². The summed E-state index contributed by atoms with van der Waals surface area (Å²) in [5.74, 6) is 1.78. The highest BCUT2D eigenvalue weighted by atomic mass is 35.5. The van der Waals surface area contributed by atoms with E-state index in [2.05, 4.69) is 72.8 Å². The van der Waals surface area contributed by atoms with Gasteiger partial charge in [0.15, 0.2) is 5.69 Å². The van der Waals surface area contributed by atoms with Crippen LogP contribution in [0.5, 0.6) is 0 Å². The Bertz CT molecular complexity index is 2700. The lowest BCUT2D eigenvalue weighted by Crippen LogP contribution is -2.62. The first-order valence-electron chi connectivity index (χ1n) is 26.2. The highest BCUT2D eigenvalue weighted by Gasteiger charge is 2.40. The van der Waals surface area contributed by atoms with Crippen LogP contribution in [-0.4, -0.2) is 170 Å². The lowest BCUT2D eigenvalue weighted by molar-refractivity contribution is 0.0430. The third kappa shape index (κ3) is 12.4. The second-order valence-electron chi connectivity index (χ2n) is 19.8. The predicted octanol–water partition coefficient (Wildman–Crippen LogP) is 8.33. The minimum absolute atomic E-state index is 0.0785. The summed E-state index contributed by atoms with van der Waals surface area (Å²) in [5.41, 5.74) is 3.78. The van der Waals surface area contributed by atoms with Crippen LogP contribution in [0.15, 0.2) is 65.3 Å². The maximum Gasteiger partial charge on any atom is 0.358 e. The summed E-state index contributed by atoms with van der Waals surface area (Å²) >= 11 is 12.0. The van der Waals surface area contributed by atoms with Crippen LogP contribution < -0.4 is 15.1 Å². The molecule has 0 radical (unpaired) electrons. The smallest absolute Gasteiger partial charge is 0.358 e. The van der Waals surface area contributed by atoms with E-state index in [1.807, 2.05) is 42.7 Å². The number of aryl methyl sites for hydroxylation is 2. The van der Waals surface area contributed by atoms with Crippen molar-refractivity contribution in [1.29, 1.82) is 0 Å². The van der Waals surface area contributed by atoms with Gasteiger partial charge in [-0.15, -0.1) is 5.10 Å². The summed E-state index contributed by atoms with van der Waals surface area (Å²) in [7, 11) is 1.35. The molecule has 4 atom stereocenters. The maximum atomic E-state index is 13.0. The van der Waals surface area contributed by atoms with Crippen LogP contribution in [0.1, 0.15) is 116 Å². The third-order valence-electron chi connectivity index (χ3n) is 15.1. The molecule has 4 fully saturated rings. The van der Waals surface area contributed by atoms with Crippen molar-refractivity contribution >= 4 is 58.6 Å². The van der Waals surface area contributed by atoms with Crippen LogP contribution in [-0.2, 0) is 4.74 Å². The number of piperidine rings is 2. The zero-order valence-electron chi connectivity index (χ0n) is 44.0. The fourth-order valence-corrected chi connectivity index (χ4v) is 11.3. The first-order chi connectivity index (χ1) is 35.7. The Hall–Kier alpha value is -5.95. The van der Waals surface area contributed by atoms with Crippen molar-refractivity contribution in [3.05, 3.63) is 99.2 Å². The van der Waals surface area contributed by atoms with Gasteiger partial charge in [0.25, 0.3) is 17.7 Å². The molecule has 1 N–H and O–H groups in total. The molecule has 396 valence electrons. The minimum Gasteiger partial charge on any atom is -0.464 e. The number of halogens is 2. The highest BCUT2D eigenvalue weighted by Crippen LogP contribution is 2.33. The summed E-state index contributed by atoms with van der Waals surface area (Å²) < 4.78 is 10.4. The van der Waals surface area contributed by atoms with Crippen molar-refractivity contribution in [3.8, 4) is 11.6 Å². The van der Waals surface area contributed by atoms with Crippen molar-refractivity contribution in [3.63, 3.8) is 0 Å². The molecule has 4 aliphatic rings. The average Bonchev–Trinajstić information content (AvgIpc) is 3.90. The van der Waals surface area contributed by atoms with Crippen molar-refractivity contribution < 1.29 is 23.5 Å². The van der Waals surface area contributed by atoms with Gasteiger partial charge < -0.3 is 34.1 Å². The zero-order valence-corrected chi connectivity index (χ0v) is 45.5. The molecule has 0 unspecified atom stereocenters. The van der Waals surface area contributed by atoms with E-state index < -0.39 is 5.97 Å². The van der Waals surface area contributed by atoms with E-state index in [0.29, 0.717) is 69.5 Å². The number of carbonyl (C=O) groups is 3. The fourth-order valence-electron chi connectivity index (χ4n) is 11.1. The van der Waals surface area contributed by atoms with Gasteiger partial charge in [0.2, 0.25) is 0 Å². The number of esters is 1. The summed E-state index contributed by atoms with van der Waals surface area (Å²) in [4.78, 5) is 70.2. The molecule has 18 nitrogen and oxygen atoms in total. The number of likely N-dealkylation sites (tertiary alicyclic amines) is 2. The van der Waals surface area contributed by atoms with E-state index in [0.717, 1.165) is 114 Å². The van der Waals surface area contributed by atoms with Gasteiger partial charge in [0, 0.05) is 116 Å². The van der Waals surface area contributed by atoms with Crippen molar-refractivity contribution in [1.82, 2.24) is 49.7 Å². The Balaban J connectivity index is 0.000000198. The fraction of sp³-hybridized carbons (Fsp3) is 0.537. The molecule has 0 spiro atoms. The molecule has 3 aromatic heterocycles. The molecule has 0 saturated carbocycles. The number of carbonyl (C=O) groups excluding carboxylic acids is 3. The van der Waals surface area contributed by atoms with Crippen molar-refractivity contribution in [2.24, 2.45) is 0 Å². The van der Waals surface area contributed by atoms with Gasteiger partial charge in [-0.05, 0) is 122 Å². The van der Waals surface area contributed by atoms with Gasteiger partial charge >= 0.3 is 12.0 Å². The first kappa shape index (κ1) is 54.3. The number of anilines is 3. The lowest BCUT2D eigenvalue weighted by atomic mass is 9.96. The number of nitrogens with one attached hydrogen (secondary N) is 1. The molecule has 2 amide bonds. The second kappa shape index (κ2) is 24.6. The Labute approximate surface area is 445 Å². The van der Waals surface area contributed by atoms with Crippen LogP contribution in [0.4, 0.5) is 17.7 Å². The molecule has 7 heterocycles. The molecule has 0 aliphatic carbocycles. The number of aromatic nitrogens is 6. The number of nitrogens with zero attached hydrogens (tertiary/aromatic N) is 12. The highest BCUT2D eigenvalue weighted by molar-refractivity contribution is 6.31. The number of benzene rings is 2. The second-order valence-corrected chi connectivity index (χ2v) is 20.7. The molecular formula is C54H71Cl2N13O5. The number of hydrogen-bond donors (Lipinski definition) is 1. The standard InChI is InChI=1S/C28H37ClN8O2.C26H34ClN5O3/c1-5-22-17-36(25-19(4)32-24(15-31-25)26-33-34-28(39-26)30-6-2)18(3)16-37(22)23-11-13-35(14-12-23)27(38)20-7-9-21(29)10-8-20;1-5-21-16-31(24-18(3)29-23(14-28-24)26(34)35-4)17(2)15-32(21)22-10-12-30(13-11-22)25(33)19-6-8-20(27)9-7-19/h7-10,15,18,22-23H,5-6,11-14,16-17H2,1-4H3,(H,30,34);6-9,14,17,21-22H,5,10-13,15-16H2,1-4H3/t18-,22+;17-,21+/m11/s1. The number of amides is 2. The Morgan fingerprint density at radius 3 is 1.54 bits per heavy atom. The number of rotatable bonds is 12. The molecule has 74 heavy (non-hydrogen) atoms. The largest absolute Gasteiger partial charge is 0.464 e. The third-order valence-corrected chi connectivity index (χ3v) is 15.6. The van der Waals surface area contributed by atoms with Crippen molar-refractivity contribution in [2.75, 3.05) is 81.1 Å². The van der Waals surface area contributed by atoms with E-state index in [1.165, 1.54) is 13.3 Å². The number of piperazine rings is 2. The van der Waals surface area contributed by atoms with Crippen LogP contribution in [0, 0.1) is 13.8 Å². The van der Waals surface area contributed by atoms with Gasteiger partial charge in [0.1, 0.15) is 17.3 Å². The Morgan fingerprint density at radius 1 is 0.662 bits per heavy atom. The van der Waals surface area contributed by atoms with E-state index in [-0.39, 0.29) is 29.6 Å². The number of hydrogen-bond acceptors (Lipinski definition) is 16.